The van der Waals surface area contributed by atoms with Gasteiger partial charge in [-0.25, -0.2) is 22.5 Å². The molecule has 2 saturated heterocycles. The van der Waals surface area contributed by atoms with Crippen LogP contribution >= 0.6 is 0 Å². The Morgan fingerprint density at radius 1 is 1.28 bits per heavy atom. The van der Waals surface area contributed by atoms with E-state index in [4.69, 9.17) is 4.74 Å². The summed E-state index contributed by atoms with van der Waals surface area (Å²) < 4.78 is 29.9. The number of aromatic nitrogens is 1. The fourth-order valence-electron chi connectivity index (χ4n) is 3.46. The number of rotatable bonds is 4. The van der Waals surface area contributed by atoms with E-state index < -0.39 is 15.6 Å². The third-order valence-electron chi connectivity index (χ3n) is 4.90. The molecular weight excluding hydrogens is 342 g/mol. The zero-order valence-electron chi connectivity index (χ0n) is 14.9. The van der Waals surface area contributed by atoms with E-state index in [1.807, 2.05) is 32.0 Å². The van der Waals surface area contributed by atoms with Crippen molar-refractivity contribution in [2.45, 2.75) is 38.6 Å². The largest absolute Gasteiger partial charge is 0.447 e. The number of pyridine rings is 1. The molecule has 25 heavy (non-hydrogen) atoms. The summed E-state index contributed by atoms with van der Waals surface area (Å²) in [5, 5.41) is 0. The zero-order valence-corrected chi connectivity index (χ0v) is 15.8. The van der Waals surface area contributed by atoms with E-state index in [2.05, 4.69) is 4.98 Å². The lowest BCUT2D eigenvalue weighted by molar-refractivity contribution is 0.175. The Morgan fingerprint density at radius 3 is 2.52 bits per heavy atom. The van der Waals surface area contributed by atoms with Crippen LogP contribution in [0.2, 0.25) is 0 Å². The van der Waals surface area contributed by atoms with E-state index in [0.717, 1.165) is 25.0 Å². The van der Waals surface area contributed by atoms with E-state index in [9.17, 15) is 13.2 Å². The van der Waals surface area contributed by atoms with Gasteiger partial charge in [-0.2, -0.15) is 0 Å². The Labute approximate surface area is 149 Å². The van der Waals surface area contributed by atoms with Gasteiger partial charge in [0.1, 0.15) is 12.4 Å². The number of piperidine rings is 1. The molecule has 7 nitrogen and oxygen atoms in total. The number of carbonyl (C=O) groups excluding carboxylic acids is 1. The summed E-state index contributed by atoms with van der Waals surface area (Å²) in [5.74, 6) is 1.01. The second-order valence-corrected chi connectivity index (χ2v) is 9.48. The molecule has 138 valence electrons. The van der Waals surface area contributed by atoms with Crippen molar-refractivity contribution in [3.8, 4) is 0 Å². The molecule has 3 rings (SSSR count). The Balaban J connectivity index is 1.68. The third kappa shape index (κ3) is 3.95. The van der Waals surface area contributed by atoms with Crippen LogP contribution in [-0.4, -0.2) is 55.3 Å². The van der Waals surface area contributed by atoms with Crippen LogP contribution in [0, 0.1) is 5.92 Å². The molecule has 1 aromatic rings. The maximum atomic E-state index is 12.0. The molecule has 0 aliphatic carbocycles. The molecule has 1 amide bonds. The highest BCUT2D eigenvalue weighted by Gasteiger charge is 2.41. The van der Waals surface area contributed by atoms with Gasteiger partial charge in [-0.15, -0.1) is 0 Å². The van der Waals surface area contributed by atoms with Gasteiger partial charge in [-0.05, 0) is 51.2 Å². The molecule has 2 fully saturated rings. The van der Waals surface area contributed by atoms with Crippen LogP contribution < -0.4 is 4.90 Å². The van der Waals surface area contributed by atoms with Crippen LogP contribution in [0.1, 0.15) is 32.4 Å². The van der Waals surface area contributed by atoms with Crippen molar-refractivity contribution >= 4 is 21.9 Å². The Hall–Kier alpha value is -1.67. The second-order valence-electron chi connectivity index (χ2n) is 7.50. The molecule has 0 N–H and O–H groups in total. The Kier molecular flexibility index (Phi) is 4.76. The van der Waals surface area contributed by atoms with Crippen LogP contribution in [0.4, 0.5) is 10.6 Å². The number of ether oxygens (including phenoxy) is 1. The summed E-state index contributed by atoms with van der Waals surface area (Å²) in [7, 11) is -3.10. The molecule has 1 aromatic heterocycles. The SMILES string of the molecule is CC1(C)COC(=O)N1c1cccc(CC2CCN(S(C)(=O)=O)CC2)n1. The molecule has 0 bridgehead atoms. The maximum absolute atomic E-state index is 12.0. The first kappa shape index (κ1) is 18.1. The second kappa shape index (κ2) is 6.57. The summed E-state index contributed by atoms with van der Waals surface area (Å²) >= 11 is 0. The van der Waals surface area contributed by atoms with Gasteiger partial charge >= 0.3 is 6.09 Å². The maximum Gasteiger partial charge on any atom is 0.416 e. The van der Waals surface area contributed by atoms with Gasteiger partial charge in [0.2, 0.25) is 10.0 Å². The molecule has 0 spiro atoms. The Bertz CT molecular complexity index is 755. The average molecular weight is 367 g/mol. The highest BCUT2D eigenvalue weighted by Crippen LogP contribution is 2.30. The van der Waals surface area contributed by atoms with Crippen LogP contribution in [-0.2, 0) is 21.2 Å². The van der Waals surface area contributed by atoms with Gasteiger partial charge in [0.15, 0.2) is 0 Å². The molecule has 3 heterocycles. The van der Waals surface area contributed by atoms with Gasteiger partial charge in [0.05, 0.1) is 11.8 Å². The molecule has 2 aliphatic rings. The van der Waals surface area contributed by atoms with E-state index in [-0.39, 0.29) is 6.09 Å². The first-order chi connectivity index (χ1) is 11.7. The first-order valence-electron chi connectivity index (χ1n) is 8.55. The summed E-state index contributed by atoms with van der Waals surface area (Å²) in [6.07, 6.45) is 3.34. The van der Waals surface area contributed by atoms with Crippen LogP contribution in [0.25, 0.3) is 0 Å². The molecular formula is C17H25N3O4S. The number of cyclic esters (lactones) is 1. The van der Waals surface area contributed by atoms with Crippen molar-refractivity contribution < 1.29 is 17.9 Å². The lowest BCUT2D eigenvalue weighted by Gasteiger charge is -2.30. The number of hydrogen-bond donors (Lipinski definition) is 0. The average Bonchev–Trinajstić information content (AvgIpc) is 2.80. The van der Waals surface area contributed by atoms with Crippen molar-refractivity contribution in [3.05, 3.63) is 23.9 Å². The van der Waals surface area contributed by atoms with Crippen molar-refractivity contribution in [2.24, 2.45) is 5.92 Å². The molecule has 0 radical (unpaired) electrons. The normalized spacial score (nSPS) is 22.2. The summed E-state index contributed by atoms with van der Waals surface area (Å²) in [5.41, 5.74) is 0.509. The number of amides is 1. The van der Waals surface area contributed by atoms with Gasteiger partial charge in [0, 0.05) is 18.8 Å². The van der Waals surface area contributed by atoms with Crippen LogP contribution in [0.3, 0.4) is 0 Å². The van der Waals surface area contributed by atoms with Gasteiger partial charge in [0.25, 0.3) is 0 Å². The number of hydrogen-bond acceptors (Lipinski definition) is 5. The minimum atomic E-state index is -3.10. The molecule has 2 aliphatic heterocycles. The molecule has 8 heteroatoms. The monoisotopic (exact) mass is 367 g/mol. The minimum absolute atomic E-state index is 0.349. The van der Waals surface area contributed by atoms with Gasteiger partial charge in [-0.3, -0.25) is 4.90 Å². The number of sulfonamides is 1. The quantitative estimate of drug-likeness (QED) is 0.813. The number of anilines is 1. The molecule has 0 aromatic carbocycles. The van der Waals surface area contributed by atoms with Gasteiger partial charge in [-0.1, -0.05) is 6.07 Å². The van der Waals surface area contributed by atoms with Crippen molar-refractivity contribution in [2.75, 3.05) is 30.9 Å². The minimum Gasteiger partial charge on any atom is -0.447 e. The third-order valence-corrected chi connectivity index (χ3v) is 6.20. The Morgan fingerprint density at radius 2 is 1.96 bits per heavy atom. The topological polar surface area (TPSA) is 79.8 Å². The molecule has 0 unspecified atom stereocenters. The van der Waals surface area contributed by atoms with E-state index in [0.29, 0.717) is 31.4 Å². The molecule has 0 saturated carbocycles. The summed E-state index contributed by atoms with van der Waals surface area (Å²) in [6, 6.07) is 5.69. The van der Waals surface area contributed by atoms with E-state index in [1.165, 1.54) is 10.6 Å². The predicted molar refractivity (Wildman–Crippen MR) is 95.0 cm³/mol. The van der Waals surface area contributed by atoms with Crippen molar-refractivity contribution in [3.63, 3.8) is 0 Å². The fourth-order valence-corrected chi connectivity index (χ4v) is 4.34. The fraction of sp³-hybridized carbons (Fsp3) is 0.647. The van der Waals surface area contributed by atoms with E-state index in [1.54, 1.807) is 4.90 Å². The predicted octanol–water partition coefficient (Wildman–Crippen LogP) is 2.03. The highest BCUT2D eigenvalue weighted by molar-refractivity contribution is 7.88. The number of nitrogens with zero attached hydrogens (tertiary/aromatic N) is 3. The van der Waals surface area contributed by atoms with Gasteiger partial charge < -0.3 is 4.74 Å². The smallest absolute Gasteiger partial charge is 0.416 e. The van der Waals surface area contributed by atoms with Crippen molar-refractivity contribution in [1.29, 1.82) is 0 Å². The lowest BCUT2D eigenvalue weighted by Crippen LogP contribution is -2.42. The molecule has 0 atom stereocenters. The zero-order chi connectivity index (χ0) is 18.2. The summed E-state index contributed by atoms with van der Waals surface area (Å²) in [6.45, 7) is 5.38. The standard InChI is InChI=1S/C17H25N3O4S/c1-17(2)12-24-16(21)20(17)15-6-4-5-14(18-15)11-13-7-9-19(10-8-13)25(3,22)23/h4-6,13H,7-12H2,1-3H3. The number of carbonyl (C=O) groups is 1. The van der Waals surface area contributed by atoms with E-state index >= 15 is 0 Å². The van der Waals surface area contributed by atoms with Crippen molar-refractivity contribution in [1.82, 2.24) is 9.29 Å². The highest BCUT2D eigenvalue weighted by atomic mass is 32.2. The summed E-state index contributed by atoms with van der Waals surface area (Å²) in [4.78, 5) is 18.3. The van der Waals surface area contributed by atoms with Crippen LogP contribution in [0.15, 0.2) is 18.2 Å². The lowest BCUT2D eigenvalue weighted by atomic mass is 9.93. The first-order valence-corrected chi connectivity index (χ1v) is 10.4. The van der Waals surface area contributed by atoms with Crippen LogP contribution in [0.5, 0.6) is 0 Å².